The summed E-state index contributed by atoms with van der Waals surface area (Å²) in [7, 11) is -4.09. The van der Waals surface area contributed by atoms with Gasteiger partial charge < -0.3 is 11.5 Å². The molecule has 0 aliphatic heterocycles. The van der Waals surface area contributed by atoms with E-state index in [1.165, 1.54) is 6.07 Å². The zero-order valence-corrected chi connectivity index (χ0v) is 16.4. The van der Waals surface area contributed by atoms with Crippen LogP contribution in [0.3, 0.4) is 0 Å². The van der Waals surface area contributed by atoms with Gasteiger partial charge in [-0.05, 0) is 42.5 Å². The average molecular weight is 388 g/mol. The topological polar surface area (TPSA) is 142 Å². The lowest BCUT2D eigenvalue weighted by Crippen LogP contribution is -2.24. The second-order valence-electron chi connectivity index (χ2n) is 6.50. The van der Waals surface area contributed by atoms with Crippen molar-refractivity contribution in [2.75, 3.05) is 0 Å². The normalized spacial score (nSPS) is 12.4. The van der Waals surface area contributed by atoms with E-state index in [-0.39, 0.29) is 16.4 Å². The van der Waals surface area contributed by atoms with Crippen molar-refractivity contribution >= 4 is 21.9 Å². The smallest absolute Gasteiger partial charge is 0.280 e. The number of amides is 1. The van der Waals surface area contributed by atoms with Gasteiger partial charge in [0.1, 0.15) is 0 Å². The average Bonchev–Trinajstić information content (AvgIpc) is 2.59. The predicted molar refractivity (Wildman–Crippen MR) is 107 cm³/mol. The molecule has 0 fully saturated rings. The molecule has 7 nitrogen and oxygen atoms in total. The minimum absolute atomic E-state index is 0.0168. The first-order valence-corrected chi connectivity index (χ1v) is 10.0. The highest BCUT2D eigenvalue weighted by molar-refractivity contribution is 7.89. The van der Waals surface area contributed by atoms with Crippen LogP contribution in [-0.2, 0) is 10.0 Å². The van der Waals surface area contributed by atoms with Gasteiger partial charge in [0.25, 0.3) is 5.91 Å². The Kier molecular flexibility index (Phi) is 6.02. The Morgan fingerprint density at radius 2 is 1.74 bits per heavy atom. The number of hydrogen-bond donors (Lipinski definition) is 3. The lowest BCUT2D eigenvalue weighted by molar-refractivity contribution is 0.100. The van der Waals surface area contributed by atoms with Gasteiger partial charge in [0, 0.05) is 11.1 Å². The number of guanidine groups is 1. The first-order chi connectivity index (χ1) is 12.5. The standard InChI is InChI=1S/C19H24N4O3S/c1-4-12(3)14-9-15(13-7-5-11(2)6-8-13)17(27(22,25)26)10-16(14)18(24)23-19(20)21/h5-10,12H,4H2,1-3H3,(H2,22,25,26)(H4,20,21,23,24). The molecule has 0 aliphatic carbocycles. The quantitative estimate of drug-likeness (QED) is 0.532. The molecule has 6 N–H and O–H groups in total. The molecule has 0 heterocycles. The molecule has 0 radical (unpaired) electrons. The van der Waals surface area contributed by atoms with Gasteiger partial charge in [0.05, 0.1) is 4.90 Å². The highest BCUT2D eigenvalue weighted by atomic mass is 32.2. The maximum atomic E-state index is 12.5. The third kappa shape index (κ3) is 4.72. The van der Waals surface area contributed by atoms with Crippen LogP contribution in [0.1, 0.15) is 47.7 Å². The summed E-state index contributed by atoms with van der Waals surface area (Å²) >= 11 is 0. The molecule has 1 atom stereocenters. The Hall–Kier alpha value is -2.71. The number of carbonyl (C=O) groups excluding carboxylic acids is 1. The number of rotatable bonds is 5. The summed E-state index contributed by atoms with van der Waals surface area (Å²) < 4.78 is 24.4. The molecule has 1 amide bonds. The van der Waals surface area contributed by atoms with Gasteiger partial charge in [-0.2, -0.15) is 4.99 Å². The Bertz CT molecular complexity index is 992. The number of nitrogens with two attached hydrogens (primary N) is 3. The number of benzene rings is 2. The summed E-state index contributed by atoms with van der Waals surface area (Å²) in [5.41, 5.74) is 13.6. The number of primary sulfonamides is 1. The Morgan fingerprint density at radius 1 is 1.15 bits per heavy atom. The van der Waals surface area contributed by atoms with Gasteiger partial charge >= 0.3 is 0 Å². The highest BCUT2D eigenvalue weighted by Crippen LogP contribution is 2.34. The molecule has 2 aromatic rings. The fraction of sp³-hybridized carbons (Fsp3) is 0.263. The number of sulfonamides is 1. The van der Waals surface area contributed by atoms with E-state index in [2.05, 4.69) is 4.99 Å². The first-order valence-electron chi connectivity index (χ1n) is 8.46. The van der Waals surface area contributed by atoms with Crippen molar-refractivity contribution in [1.82, 2.24) is 0 Å². The van der Waals surface area contributed by atoms with Crippen LogP contribution in [0, 0.1) is 6.92 Å². The summed E-state index contributed by atoms with van der Waals surface area (Å²) in [4.78, 5) is 15.9. The lowest BCUT2D eigenvalue weighted by atomic mass is 9.89. The van der Waals surface area contributed by atoms with E-state index in [1.807, 2.05) is 45.0 Å². The van der Waals surface area contributed by atoms with E-state index < -0.39 is 21.9 Å². The van der Waals surface area contributed by atoms with Crippen molar-refractivity contribution in [3.63, 3.8) is 0 Å². The van der Waals surface area contributed by atoms with Crippen LogP contribution in [0.25, 0.3) is 11.1 Å². The molecule has 0 saturated heterocycles. The van der Waals surface area contributed by atoms with E-state index in [0.29, 0.717) is 16.7 Å². The third-order valence-corrected chi connectivity index (χ3v) is 5.38. The molecule has 144 valence electrons. The molecule has 1 unspecified atom stereocenters. The molecule has 0 bridgehead atoms. The van der Waals surface area contributed by atoms with E-state index in [1.54, 1.807) is 6.07 Å². The first kappa shape index (κ1) is 20.6. The number of nitrogens with zero attached hydrogens (tertiary/aromatic N) is 1. The van der Waals surface area contributed by atoms with Crippen LogP contribution in [-0.4, -0.2) is 20.3 Å². The van der Waals surface area contributed by atoms with E-state index in [4.69, 9.17) is 16.6 Å². The fourth-order valence-electron chi connectivity index (χ4n) is 2.78. The molecule has 27 heavy (non-hydrogen) atoms. The van der Waals surface area contributed by atoms with Crippen molar-refractivity contribution in [2.24, 2.45) is 21.6 Å². The summed E-state index contributed by atoms with van der Waals surface area (Å²) in [6.45, 7) is 5.85. The molecular weight excluding hydrogens is 364 g/mol. The van der Waals surface area contributed by atoms with Crippen LogP contribution in [0.4, 0.5) is 0 Å². The van der Waals surface area contributed by atoms with Crippen molar-refractivity contribution < 1.29 is 13.2 Å². The van der Waals surface area contributed by atoms with Gasteiger partial charge in [-0.25, -0.2) is 13.6 Å². The lowest BCUT2D eigenvalue weighted by Gasteiger charge is -2.18. The predicted octanol–water partition coefficient (Wildman–Crippen LogP) is 2.24. The Morgan fingerprint density at radius 3 is 2.22 bits per heavy atom. The minimum atomic E-state index is -4.09. The summed E-state index contributed by atoms with van der Waals surface area (Å²) in [5.74, 6) is -1.11. The molecule has 2 rings (SSSR count). The van der Waals surface area contributed by atoms with Gasteiger partial charge in [0.15, 0.2) is 5.96 Å². The zero-order valence-electron chi connectivity index (χ0n) is 15.6. The summed E-state index contributed by atoms with van der Waals surface area (Å²) in [5, 5.41) is 5.43. The van der Waals surface area contributed by atoms with Gasteiger partial charge in [-0.15, -0.1) is 0 Å². The summed E-state index contributed by atoms with van der Waals surface area (Å²) in [6, 6.07) is 10.3. The van der Waals surface area contributed by atoms with Crippen LogP contribution in [0.2, 0.25) is 0 Å². The van der Waals surface area contributed by atoms with Gasteiger partial charge in [-0.3, -0.25) is 4.79 Å². The fourth-order valence-corrected chi connectivity index (χ4v) is 3.55. The zero-order chi connectivity index (χ0) is 20.4. The largest absolute Gasteiger partial charge is 0.370 e. The maximum Gasteiger partial charge on any atom is 0.280 e. The molecule has 8 heteroatoms. The van der Waals surface area contributed by atoms with E-state index >= 15 is 0 Å². The molecule has 0 saturated carbocycles. The highest BCUT2D eigenvalue weighted by Gasteiger charge is 2.24. The molecular formula is C19H24N4O3S. The van der Waals surface area contributed by atoms with Crippen LogP contribution >= 0.6 is 0 Å². The second-order valence-corrected chi connectivity index (χ2v) is 8.03. The second kappa shape index (κ2) is 7.89. The number of carbonyl (C=O) groups is 1. The van der Waals surface area contributed by atoms with E-state index in [9.17, 15) is 13.2 Å². The SMILES string of the molecule is CCC(C)c1cc(-c2ccc(C)cc2)c(S(N)(=O)=O)cc1C(=O)N=C(N)N. The molecule has 0 aliphatic rings. The number of aliphatic imine (C=N–C) groups is 1. The maximum absolute atomic E-state index is 12.5. The summed E-state index contributed by atoms with van der Waals surface area (Å²) in [6.07, 6.45) is 0.740. The molecule has 0 spiro atoms. The third-order valence-electron chi connectivity index (χ3n) is 4.43. The van der Waals surface area contributed by atoms with Crippen molar-refractivity contribution in [2.45, 2.75) is 38.0 Å². The monoisotopic (exact) mass is 388 g/mol. The van der Waals surface area contributed by atoms with Crippen LogP contribution in [0.15, 0.2) is 46.3 Å². The number of aryl methyl sites for hydroxylation is 1. The Balaban J connectivity index is 2.86. The van der Waals surface area contributed by atoms with Gasteiger partial charge in [0.2, 0.25) is 10.0 Å². The van der Waals surface area contributed by atoms with E-state index in [0.717, 1.165) is 12.0 Å². The van der Waals surface area contributed by atoms with Crippen molar-refractivity contribution in [3.05, 3.63) is 53.1 Å². The minimum Gasteiger partial charge on any atom is -0.370 e. The number of hydrogen-bond acceptors (Lipinski definition) is 3. The molecule has 2 aromatic carbocycles. The van der Waals surface area contributed by atoms with Gasteiger partial charge in [-0.1, -0.05) is 43.7 Å². The van der Waals surface area contributed by atoms with Crippen molar-refractivity contribution in [1.29, 1.82) is 0 Å². The van der Waals surface area contributed by atoms with Crippen molar-refractivity contribution in [3.8, 4) is 11.1 Å². The van der Waals surface area contributed by atoms with Crippen LogP contribution < -0.4 is 16.6 Å². The molecule has 0 aromatic heterocycles. The Labute approximate surface area is 159 Å². The van der Waals surface area contributed by atoms with Crippen LogP contribution in [0.5, 0.6) is 0 Å².